The van der Waals surface area contributed by atoms with Crippen LogP contribution in [0, 0.1) is 11.6 Å². The van der Waals surface area contributed by atoms with Crippen LogP contribution in [0.5, 0.6) is 11.5 Å². The lowest BCUT2D eigenvalue weighted by Crippen LogP contribution is -2.39. The molecular weight excluding hydrogens is 342 g/mol. The standard InChI is InChI=1S/C19H18F2N2O3/c1-11(24)22-15-5-3-2-4-12(15)8-23-9-16-17(10-23)26-19-14(21)7-6-13(20)18(19)25-16/h2-7,16-17H,8-10H2,1H3,(H,22,24)/t16-,17+. The molecule has 0 saturated carbocycles. The fraction of sp³-hybridized carbons (Fsp3) is 0.316. The number of anilines is 1. The second kappa shape index (κ2) is 6.57. The number of nitrogens with one attached hydrogen (secondary N) is 1. The van der Waals surface area contributed by atoms with Crippen molar-refractivity contribution in [2.45, 2.75) is 25.7 Å². The molecule has 0 aromatic heterocycles. The zero-order valence-electron chi connectivity index (χ0n) is 14.2. The number of hydrogen-bond acceptors (Lipinski definition) is 4. The normalized spacial score (nSPS) is 21.3. The van der Waals surface area contributed by atoms with Gasteiger partial charge in [0, 0.05) is 32.2 Å². The van der Waals surface area contributed by atoms with E-state index >= 15 is 0 Å². The van der Waals surface area contributed by atoms with E-state index in [0.29, 0.717) is 19.6 Å². The lowest BCUT2D eigenvalue weighted by atomic mass is 10.1. The van der Waals surface area contributed by atoms with E-state index < -0.39 is 11.6 Å². The molecule has 136 valence electrons. The van der Waals surface area contributed by atoms with Gasteiger partial charge in [0.15, 0.2) is 11.6 Å². The third-order valence-corrected chi connectivity index (χ3v) is 4.57. The number of amides is 1. The number of benzene rings is 2. The maximum absolute atomic E-state index is 13.9. The molecule has 0 bridgehead atoms. The van der Waals surface area contributed by atoms with Crippen LogP contribution in [0.4, 0.5) is 14.5 Å². The van der Waals surface area contributed by atoms with Crippen molar-refractivity contribution in [1.82, 2.24) is 4.90 Å². The minimum Gasteiger partial charge on any atom is -0.478 e. The molecule has 1 N–H and O–H groups in total. The highest BCUT2D eigenvalue weighted by Gasteiger charge is 2.42. The number of halogens is 2. The first kappa shape index (κ1) is 16.8. The predicted octanol–water partition coefficient (Wildman–Crippen LogP) is 2.95. The number of carbonyl (C=O) groups excluding carboxylic acids is 1. The number of carbonyl (C=O) groups is 1. The molecule has 2 aromatic rings. The maximum atomic E-state index is 13.9. The Bertz CT molecular complexity index is 820. The summed E-state index contributed by atoms with van der Waals surface area (Å²) in [6.07, 6.45) is -0.738. The Balaban J connectivity index is 1.50. The molecule has 2 atom stereocenters. The van der Waals surface area contributed by atoms with Gasteiger partial charge >= 0.3 is 0 Å². The summed E-state index contributed by atoms with van der Waals surface area (Å²) in [5.41, 5.74) is 1.70. The lowest BCUT2D eigenvalue weighted by Gasteiger charge is -2.28. The van der Waals surface area contributed by atoms with Crippen molar-refractivity contribution in [3.8, 4) is 11.5 Å². The van der Waals surface area contributed by atoms with E-state index in [0.717, 1.165) is 23.4 Å². The number of para-hydroxylation sites is 1. The van der Waals surface area contributed by atoms with E-state index in [4.69, 9.17) is 9.47 Å². The molecule has 2 aliphatic rings. The molecule has 2 aromatic carbocycles. The molecule has 26 heavy (non-hydrogen) atoms. The highest BCUT2D eigenvalue weighted by molar-refractivity contribution is 5.89. The second-order valence-electron chi connectivity index (χ2n) is 6.53. The molecule has 2 aliphatic heterocycles. The highest BCUT2D eigenvalue weighted by atomic mass is 19.1. The Morgan fingerprint density at radius 2 is 1.65 bits per heavy atom. The first-order valence-corrected chi connectivity index (χ1v) is 8.40. The van der Waals surface area contributed by atoms with Crippen LogP contribution in [0.2, 0.25) is 0 Å². The Labute approximate surface area is 149 Å². The molecule has 2 heterocycles. The van der Waals surface area contributed by atoms with Crippen LogP contribution in [0.3, 0.4) is 0 Å². The number of rotatable bonds is 3. The van der Waals surface area contributed by atoms with Gasteiger partial charge in [-0.2, -0.15) is 0 Å². The Kier molecular flexibility index (Phi) is 4.24. The molecule has 1 fully saturated rings. The van der Waals surface area contributed by atoms with Crippen molar-refractivity contribution in [1.29, 1.82) is 0 Å². The van der Waals surface area contributed by atoms with E-state index in [-0.39, 0.29) is 29.6 Å². The molecule has 4 rings (SSSR count). The minimum atomic E-state index is -0.630. The maximum Gasteiger partial charge on any atom is 0.221 e. The highest BCUT2D eigenvalue weighted by Crippen LogP contribution is 2.40. The van der Waals surface area contributed by atoms with Gasteiger partial charge in [-0.3, -0.25) is 9.69 Å². The molecule has 0 spiro atoms. The average Bonchev–Trinajstić information content (AvgIpc) is 3.00. The van der Waals surface area contributed by atoms with Gasteiger partial charge in [-0.05, 0) is 23.8 Å². The Morgan fingerprint density at radius 3 is 2.23 bits per heavy atom. The van der Waals surface area contributed by atoms with Gasteiger partial charge in [-0.1, -0.05) is 18.2 Å². The molecule has 0 aliphatic carbocycles. The SMILES string of the molecule is CC(=O)Nc1ccccc1CN1C[C@@H]2Oc3c(F)ccc(F)c3O[C@@H]2C1. The van der Waals surface area contributed by atoms with Crippen molar-refractivity contribution in [2.75, 3.05) is 18.4 Å². The molecule has 1 amide bonds. The summed E-state index contributed by atoms with van der Waals surface area (Å²) >= 11 is 0. The fourth-order valence-electron chi connectivity index (χ4n) is 3.42. The fourth-order valence-corrected chi connectivity index (χ4v) is 3.42. The van der Waals surface area contributed by atoms with E-state index in [1.54, 1.807) is 0 Å². The average molecular weight is 360 g/mol. The molecule has 0 radical (unpaired) electrons. The molecule has 0 unspecified atom stereocenters. The molecule has 5 nitrogen and oxygen atoms in total. The van der Waals surface area contributed by atoms with Gasteiger partial charge in [0.2, 0.25) is 17.4 Å². The summed E-state index contributed by atoms with van der Waals surface area (Å²) < 4.78 is 39.2. The van der Waals surface area contributed by atoms with Crippen LogP contribution < -0.4 is 14.8 Å². The van der Waals surface area contributed by atoms with Crippen molar-refractivity contribution in [3.63, 3.8) is 0 Å². The molecular formula is C19H18F2N2O3. The number of likely N-dealkylation sites (tertiary alicyclic amines) is 1. The van der Waals surface area contributed by atoms with E-state index in [1.807, 2.05) is 24.3 Å². The van der Waals surface area contributed by atoms with Gasteiger partial charge < -0.3 is 14.8 Å². The summed E-state index contributed by atoms with van der Waals surface area (Å²) in [4.78, 5) is 13.4. The number of fused-ring (bicyclic) bond motifs is 2. The van der Waals surface area contributed by atoms with Crippen molar-refractivity contribution in [2.24, 2.45) is 0 Å². The summed E-state index contributed by atoms with van der Waals surface area (Å²) in [5, 5.41) is 2.81. The summed E-state index contributed by atoms with van der Waals surface area (Å²) in [6.45, 7) is 3.07. The first-order chi connectivity index (χ1) is 12.5. The monoisotopic (exact) mass is 360 g/mol. The predicted molar refractivity (Wildman–Crippen MR) is 91.2 cm³/mol. The quantitative estimate of drug-likeness (QED) is 0.914. The van der Waals surface area contributed by atoms with Gasteiger partial charge in [0.25, 0.3) is 0 Å². The lowest BCUT2D eigenvalue weighted by molar-refractivity contribution is -0.114. The van der Waals surface area contributed by atoms with E-state index in [9.17, 15) is 13.6 Å². The van der Waals surface area contributed by atoms with Crippen molar-refractivity contribution in [3.05, 3.63) is 53.6 Å². The van der Waals surface area contributed by atoms with Crippen molar-refractivity contribution >= 4 is 11.6 Å². The minimum absolute atomic E-state index is 0.138. The van der Waals surface area contributed by atoms with Crippen LogP contribution in [0.25, 0.3) is 0 Å². The van der Waals surface area contributed by atoms with Crippen LogP contribution in [-0.4, -0.2) is 36.1 Å². The summed E-state index contributed by atoms with van der Waals surface area (Å²) in [6, 6.07) is 9.60. The smallest absolute Gasteiger partial charge is 0.221 e. The zero-order chi connectivity index (χ0) is 18.3. The second-order valence-corrected chi connectivity index (χ2v) is 6.53. The third-order valence-electron chi connectivity index (χ3n) is 4.57. The Hall–Kier alpha value is -2.67. The summed E-state index contributed by atoms with van der Waals surface area (Å²) in [7, 11) is 0. The van der Waals surface area contributed by atoms with Gasteiger partial charge in [0.1, 0.15) is 12.2 Å². The topological polar surface area (TPSA) is 50.8 Å². The van der Waals surface area contributed by atoms with Crippen molar-refractivity contribution < 1.29 is 23.0 Å². The Morgan fingerprint density at radius 1 is 1.08 bits per heavy atom. The largest absolute Gasteiger partial charge is 0.478 e. The molecule has 1 saturated heterocycles. The number of ether oxygens (including phenoxy) is 2. The van der Waals surface area contributed by atoms with Gasteiger partial charge in [-0.25, -0.2) is 8.78 Å². The van der Waals surface area contributed by atoms with E-state index in [2.05, 4.69) is 10.2 Å². The third kappa shape index (κ3) is 3.10. The number of hydrogen-bond donors (Lipinski definition) is 1. The number of nitrogens with zero attached hydrogens (tertiary/aromatic N) is 1. The van der Waals surface area contributed by atoms with Crippen LogP contribution in [0.15, 0.2) is 36.4 Å². The van der Waals surface area contributed by atoms with Crippen LogP contribution >= 0.6 is 0 Å². The van der Waals surface area contributed by atoms with Gasteiger partial charge in [0.05, 0.1) is 0 Å². The zero-order valence-corrected chi connectivity index (χ0v) is 14.2. The summed E-state index contributed by atoms with van der Waals surface area (Å²) in [5.74, 6) is -1.72. The first-order valence-electron chi connectivity index (χ1n) is 8.40. The van der Waals surface area contributed by atoms with Crippen LogP contribution in [-0.2, 0) is 11.3 Å². The van der Waals surface area contributed by atoms with Crippen LogP contribution in [0.1, 0.15) is 12.5 Å². The van der Waals surface area contributed by atoms with Gasteiger partial charge in [-0.15, -0.1) is 0 Å². The van der Waals surface area contributed by atoms with E-state index in [1.165, 1.54) is 6.92 Å². The molecule has 7 heteroatoms.